The number of amides is 1. The van der Waals surface area contributed by atoms with Gasteiger partial charge in [-0.2, -0.15) is 4.37 Å². The van der Waals surface area contributed by atoms with Gasteiger partial charge in [0.05, 0.1) is 20.7 Å². The second-order valence-electron chi connectivity index (χ2n) is 6.16. The zero-order chi connectivity index (χ0) is 22.0. The number of fused-ring (bicyclic) bond motifs is 1. The standard InChI is InChI=1S/C19H11Cl2N5O3S2/c20-13-6-3-11(7-14(13)21)24-15(27)8-30-19-18-17(22-9-23-19)16(25-31-18)10-1-4-12(5-2-10)26(28)29/h1-7,9H,8H2,(H,24,27). The molecule has 0 spiro atoms. The van der Waals surface area contributed by atoms with Gasteiger partial charge in [0.1, 0.15) is 27.3 Å². The predicted molar refractivity (Wildman–Crippen MR) is 123 cm³/mol. The minimum Gasteiger partial charge on any atom is -0.325 e. The van der Waals surface area contributed by atoms with Crippen LogP contribution in [0.25, 0.3) is 21.5 Å². The van der Waals surface area contributed by atoms with Crippen molar-refractivity contribution in [2.75, 3.05) is 11.1 Å². The third-order valence-corrected chi connectivity index (χ3v) is 6.82. The molecule has 0 bridgehead atoms. The maximum Gasteiger partial charge on any atom is 0.269 e. The van der Waals surface area contributed by atoms with Crippen molar-refractivity contribution >= 4 is 74.0 Å². The molecule has 0 fully saturated rings. The van der Waals surface area contributed by atoms with E-state index in [-0.39, 0.29) is 17.3 Å². The maximum atomic E-state index is 12.3. The monoisotopic (exact) mass is 491 g/mol. The summed E-state index contributed by atoms with van der Waals surface area (Å²) >= 11 is 14.3. The fourth-order valence-electron chi connectivity index (χ4n) is 2.68. The van der Waals surface area contributed by atoms with Crippen molar-refractivity contribution in [2.24, 2.45) is 0 Å². The first-order valence-corrected chi connectivity index (χ1v) is 11.2. The molecule has 8 nitrogen and oxygen atoms in total. The average molecular weight is 492 g/mol. The van der Waals surface area contributed by atoms with Gasteiger partial charge in [0.25, 0.3) is 5.69 Å². The Balaban J connectivity index is 1.50. The van der Waals surface area contributed by atoms with E-state index < -0.39 is 4.92 Å². The number of hydrogen-bond donors (Lipinski definition) is 1. The lowest BCUT2D eigenvalue weighted by Gasteiger charge is -2.06. The highest BCUT2D eigenvalue weighted by molar-refractivity contribution is 8.00. The summed E-state index contributed by atoms with van der Waals surface area (Å²) in [5.41, 5.74) is 2.50. The van der Waals surface area contributed by atoms with Crippen LogP contribution in [-0.2, 0) is 4.79 Å². The number of thioether (sulfide) groups is 1. The molecule has 156 valence electrons. The Morgan fingerprint density at radius 1 is 1.13 bits per heavy atom. The fraction of sp³-hybridized carbons (Fsp3) is 0.0526. The number of non-ortho nitro benzene ring substituents is 1. The van der Waals surface area contributed by atoms with Gasteiger partial charge < -0.3 is 5.32 Å². The zero-order valence-corrected chi connectivity index (χ0v) is 18.6. The summed E-state index contributed by atoms with van der Waals surface area (Å²) < 4.78 is 5.18. The summed E-state index contributed by atoms with van der Waals surface area (Å²) in [6.45, 7) is 0. The molecule has 1 amide bonds. The lowest BCUT2D eigenvalue weighted by molar-refractivity contribution is -0.384. The van der Waals surface area contributed by atoms with Crippen molar-refractivity contribution in [1.82, 2.24) is 14.3 Å². The second kappa shape index (κ2) is 9.15. The van der Waals surface area contributed by atoms with Crippen LogP contribution in [0.15, 0.2) is 53.8 Å². The normalized spacial score (nSPS) is 10.9. The summed E-state index contributed by atoms with van der Waals surface area (Å²) in [6.07, 6.45) is 1.41. The zero-order valence-electron chi connectivity index (χ0n) is 15.4. The molecule has 0 aliphatic heterocycles. The number of nitro groups is 1. The molecule has 0 atom stereocenters. The van der Waals surface area contributed by atoms with E-state index in [2.05, 4.69) is 19.7 Å². The molecule has 0 radical (unpaired) electrons. The number of halogens is 2. The van der Waals surface area contributed by atoms with E-state index in [4.69, 9.17) is 23.2 Å². The molecule has 0 unspecified atom stereocenters. The molecule has 0 aliphatic rings. The van der Waals surface area contributed by atoms with E-state index in [1.54, 1.807) is 30.3 Å². The smallest absolute Gasteiger partial charge is 0.269 e. The third kappa shape index (κ3) is 4.77. The fourth-order valence-corrected chi connectivity index (χ4v) is 4.70. The molecule has 4 rings (SSSR count). The van der Waals surface area contributed by atoms with Crippen LogP contribution in [0.3, 0.4) is 0 Å². The number of aromatic nitrogens is 3. The Labute approximate surface area is 193 Å². The van der Waals surface area contributed by atoms with Crippen LogP contribution in [-0.4, -0.2) is 30.9 Å². The van der Waals surface area contributed by atoms with Gasteiger partial charge in [-0.1, -0.05) is 35.0 Å². The number of anilines is 1. The van der Waals surface area contributed by atoms with Crippen molar-refractivity contribution in [1.29, 1.82) is 0 Å². The van der Waals surface area contributed by atoms with Gasteiger partial charge in [-0.05, 0) is 41.9 Å². The summed E-state index contributed by atoms with van der Waals surface area (Å²) in [4.78, 5) is 31.3. The number of nitro benzene ring substituents is 1. The first-order valence-electron chi connectivity index (χ1n) is 8.65. The molecule has 0 saturated heterocycles. The molecule has 12 heteroatoms. The highest BCUT2D eigenvalue weighted by atomic mass is 35.5. The first kappa shape index (κ1) is 21.4. The predicted octanol–water partition coefficient (Wildman–Crippen LogP) is 5.70. The average Bonchev–Trinajstić information content (AvgIpc) is 3.20. The van der Waals surface area contributed by atoms with Crippen LogP contribution in [0, 0.1) is 10.1 Å². The number of benzene rings is 2. The van der Waals surface area contributed by atoms with Crippen LogP contribution in [0.5, 0.6) is 0 Å². The van der Waals surface area contributed by atoms with E-state index in [9.17, 15) is 14.9 Å². The Hall–Kier alpha value is -2.79. The van der Waals surface area contributed by atoms with Crippen molar-refractivity contribution in [2.45, 2.75) is 5.03 Å². The third-order valence-electron chi connectivity index (χ3n) is 4.12. The largest absolute Gasteiger partial charge is 0.325 e. The van der Waals surface area contributed by atoms with Gasteiger partial charge >= 0.3 is 0 Å². The number of carbonyl (C=O) groups is 1. The molecular formula is C19H11Cl2N5O3S2. The molecule has 2 aromatic carbocycles. The maximum absolute atomic E-state index is 12.3. The summed E-state index contributed by atoms with van der Waals surface area (Å²) in [5.74, 6) is -0.104. The van der Waals surface area contributed by atoms with Crippen LogP contribution in [0.4, 0.5) is 11.4 Å². The lowest BCUT2D eigenvalue weighted by Crippen LogP contribution is -2.14. The van der Waals surface area contributed by atoms with Gasteiger partial charge in [0.15, 0.2) is 0 Å². The van der Waals surface area contributed by atoms with Crippen LogP contribution in [0.1, 0.15) is 0 Å². The molecule has 31 heavy (non-hydrogen) atoms. The van der Waals surface area contributed by atoms with Crippen molar-refractivity contribution in [3.63, 3.8) is 0 Å². The molecule has 4 aromatic rings. The van der Waals surface area contributed by atoms with Gasteiger partial charge in [-0.3, -0.25) is 14.9 Å². The Bertz CT molecular complexity index is 1300. The van der Waals surface area contributed by atoms with Gasteiger partial charge in [-0.25, -0.2) is 9.97 Å². The highest BCUT2D eigenvalue weighted by Crippen LogP contribution is 2.35. The van der Waals surface area contributed by atoms with E-state index >= 15 is 0 Å². The molecule has 2 aromatic heterocycles. The van der Waals surface area contributed by atoms with Crippen molar-refractivity contribution in [3.8, 4) is 11.3 Å². The Morgan fingerprint density at radius 3 is 2.61 bits per heavy atom. The lowest BCUT2D eigenvalue weighted by atomic mass is 10.1. The Kier molecular flexibility index (Phi) is 6.33. The molecule has 0 aliphatic carbocycles. The van der Waals surface area contributed by atoms with Crippen LogP contribution in [0.2, 0.25) is 10.0 Å². The van der Waals surface area contributed by atoms with E-state index in [1.807, 2.05) is 0 Å². The molecule has 2 heterocycles. The minimum absolute atomic E-state index is 0.00198. The Morgan fingerprint density at radius 2 is 1.90 bits per heavy atom. The summed E-state index contributed by atoms with van der Waals surface area (Å²) in [6, 6.07) is 11.0. The van der Waals surface area contributed by atoms with Gasteiger partial charge in [0.2, 0.25) is 5.91 Å². The number of rotatable bonds is 6. The molecular weight excluding hydrogens is 481 g/mol. The van der Waals surface area contributed by atoms with Crippen LogP contribution >= 0.6 is 46.5 Å². The first-order chi connectivity index (χ1) is 14.9. The summed E-state index contributed by atoms with van der Waals surface area (Å²) in [7, 11) is 0. The van der Waals surface area contributed by atoms with Gasteiger partial charge in [-0.15, -0.1) is 0 Å². The number of carbonyl (C=O) groups excluding carboxylic acids is 1. The van der Waals surface area contributed by atoms with Gasteiger partial charge in [0, 0.05) is 23.4 Å². The molecule has 1 N–H and O–H groups in total. The number of hydrogen-bond acceptors (Lipinski definition) is 8. The minimum atomic E-state index is -0.455. The van der Waals surface area contributed by atoms with Crippen molar-refractivity contribution < 1.29 is 9.72 Å². The van der Waals surface area contributed by atoms with E-state index in [0.717, 1.165) is 4.70 Å². The summed E-state index contributed by atoms with van der Waals surface area (Å²) in [5, 5.41) is 15.0. The van der Waals surface area contributed by atoms with Crippen LogP contribution < -0.4 is 5.32 Å². The molecule has 0 saturated carbocycles. The second-order valence-corrected chi connectivity index (χ2v) is 8.71. The highest BCUT2D eigenvalue weighted by Gasteiger charge is 2.16. The SMILES string of the molecule is O=C(CSc1ncnc2c(-c3ccc([N+](=O)[O-])cc3)nsc12)Nc1ccc(Cl)c(Cl)c1. The number of nitrogens with one attached hydrogen (secondary N) is 1. The topological polar surface area (TPSA) is 111 Å². The van der Waals surface area contributed by atoms with E-state index in [0.29, 0.717) is 37.5 Å². The van der Waals surface area contributed by atoms with E-state index in [1.165, 1.54) is 41.8 Å². The van der Waals surface area contributed by atoms with Crippen molar-refractivity contribution in [3.05, 3.63) is 69.0 Å². The number of nitrogens with zero attached hydrogens (tertiary/aromatic N) is 4. The quantitative estimate of drug-likeness (QED) is 0.159.